The van der Waals surface area contributed by atoms with Gasteiger partial charge >= 0.3 is 0 Å². The highest BCUT2D eigenvalue weighted by molar-refractivity contribution is 7.90. The van der Waals surface area contributed by atoms with Crippen LogP contribution in [0.1, 0.15) is 62.4 Å². The number of fused-ring (bicyclic) bond motifs is 1. The van der Waals surface area contributed by atoms with Crippen molar-refractivity contribution in [3.63, 3.8) is 0 Å². The summed E-state index contributed by atoms with van der Waals surface area (Å²) in [4.78, 5) is 40.6. The Hall–Kier alpha value is -2.62. The number of halogens is 2. The Labute approximate surface area is 228 Å². The topological polar surface area (TPSA) is 104 Å². The van der Waals surface area contributed by atoms with Gasteiger partial charge in [-0.2, -0.15) is 0 Å². The normalized spacial score (nSPS) is 15.7. The molecule has 37 heavy (non-hydrogen) atoms. The van der Waals surface area contributed by atoms with Crippen LogP contribution in [0.3, 0.4) is 0 Å². The molecule has 11 heteroatoms. The fourth-order valence-corrected chi connectivity index (χ4v) is 6.09. The second-order valence-electron chi connectivity index (χ2n) is 8.99. The van der Waals surface area contributed by atoms with Crippen molar-refractivity contribution in [2.75, 3.05) is 6.54 Å². The SMILES string of the molecule is CC[C@@H](C)NC(=O)[C@@H](CC)N(Cc1ccc(Cl)c(Cl)c1)C(=O)CCCN1C(=O)c2ccccc2S1(=O)=O. The fraction of sp³-hybridized carbons (Fsp3) is 0.423. The number of rotatable bonds is 11. The van der Waals surface area contributed by atoms with Crippen molar-refractivity contribution in [1.29, 1.82) is 0 Å². The minimum absolute atomic E-state index is 0.0275. The number of carbonyl (C=O) groups is 3. The molecule has 200 valence electrons. The summed E-state index contributed by atoms with van der Waals surface area (Å²) in [7, 11) is -3.95. The molecule has 0 radical (unpaired) electrons. The monoisotopic (exact) mass is 567 g/mol. The summed E-state index contributed by atoms with van der Waals surface area (Å²) in [5, 5.41) is 3.65. The molecule has 0 aromatic heterocycles. The van der Waals surface area contributed by atoms with E-state index in [0.29, 0.717) is 22.0 Å². The number of amides is 3. The van der Waals surface area contributed by atoms with E-state index in [2.05, 4.69) is 5.32 Å². The Morgan fingerprint density at radius 3 is 2.38 bits per heavy atom. The first kappa shape index (κ1) is 28.9. The van der Waals surface area contributed by atoms with Crippen LogP contribution in [-0.2, 0) is 26.2 Å². The van der Waals surface area contributed by atoms with Crippen molar-refractivity contribution < 1.29 is 22.8 Å². The van der Waals surface area contributed by atoms with Crippen LogP contribution < -0.4 is 5.32 Å². The van der Waals surface area contributed by atoms with Crippen LogP contribution >= 0.6 is 23.2 Å². The molecule has 0 unspecified atom stereocenters. The van der Waals surface area contributed by atoms with Crippen molar-refractivity contribution in [3.8, 4) is 0 Å². The second kappa shape index (κ2) is 12.3. The lowest BCUT2D eigenvalue weighted by atomic mass is 10.1. The van der Waals surface area contributed by atoms with Crippen LogP contribution in [0.5, 0.6) is 0 Å². The molecule has 0 aliphatic carbocycles. The molecule has 3 amide bonds. The maximum Gasteiger partial charge on any atom is 0.269 e. The third kappa shape index (κ3) is 6.45. The van der Waals surface area contributed by atoms with E-state index in [1.54, 1.807) is 30.3 Å². The average Bonchev–Trinajstić information content (AvgIpc) is 3.06. The van der Waals surface area contributed by atoms with E-state index < -0.39 is 22.0 Å². The number of carbonyl (C=O) groups excluding carboxylic acids is 3. The maximum absolute atomic E-state index is 13.4. The predicted molar refractivity (Wildman–Crippen MR) is 143 cm³/mol. The zero-order valence-electron chi connectivity index (χ0n) is 21.0. The summed E-state index contributed by atoms with van der Waals surface area (Å²) in [5.41, 5.74) is 0.827. The van der Waals surface area contributed by atoms with Crippen LogP contribution in [0.4, 0.5) is 0 Å². The van der Waals surface area contributed by atoms with Gasteiger partial charge < -0.3 is 10.2 Å². The first-order valence-electron chi connectivity index (χ1n) is 12.2. The van der Waals surface area contributed by atoms with Crippen molar-refractivity contribution in [1.82, 2.24) is 14.5 Å². The van der Waals surface area contributed by atoms with Gasteiger partial charge in [-0.15, -0.1) is 0 Å². The van der Waals surface area contributed by atoms with E-state index in [1.807, 2.05) is 20.8 Å². The average molecular weight is 569 g/mol. The Morgan fingerprint density at radius 1 is 1.05 bits per heavy atom. The van der Waals surface area contributed by atoms with Crippen molar-refractivity contribution in [2.45, 2.75) is 70.0 Å². The van der Waals surface area contributed by atoms with Crippen LogP contribution in [0.25, 0.3) is 0 Å². The first-order valence-corrected chi connectivity index (χ1v) is 14.4. The Morgan fingerprint density at radius 2 is 1.76 bits per heavy atom. The molecule has 8 nitrogen and oxygen atoms in total. The molecule has 2 atom stereocenters. The lowest BCUT2D eigenvalue weighted by molar-refractivity contribution is -0.141. The molecule has 1 aliphatic heterocycles. The molecular weight excluding hydrogens is 537 g/mol. The van der Waals surface area contributed by atoms with E-state index in [4.69, 9.17) is 23.2 Å². The van der Waals surface area contributed by atoms with Crippen LogP contribution in [-0.4, -0.2) is 54.0 Å². The first-order chi connectivity index (χ1) is 17.5. The van der Waals surface area contributed by atoms with E-state index in [-0.39, 0.29) is 54.2 Å². The molecule has 2 aromatic carbocycles. The number of hydrogen-bond donors (Lipinski definition) is 1. The fourth-order valence-electron chi connectivity index (χ4n) is 4.16. The number of sulfonamides is 1. The zero-order valence-corrected chi connectivity index (χ0v) is 23.4. The van der Waals surface area contributed by atoms with Gasteiger partial charge in [0.2, 0.25) is 11.8 Å². The Kier molecular flexibility index (Phi) is 9.61. The van der Waals surface area contributed by atoms with E-state index in [0.717, 1.165) is 10.7 Å². The molecule has 0 fully saturated rings. The molecule has 0 saturated carbocycles. The van der Waals surface area contributed by atoms with Gasteiger partial charge in [0.25, 0.3) is 15.9 Å². The molecule has 2 aromatic rings. The van der Waals surface area contributed by atoms with Gasteiger partial charge in [-0.25, -0.2) is 12.7 Å². The Bertz CT molecular complexity index is 1280. The van der Waals surface area contributed by atoms with Gasteiger partial charge in [0.05, 0.1) is 15.6 Å². The number of nitrogens with one attached hydrogen (secondary N) is 1. The molecule has 1 heterocycles. The van der Waals surface area contributed by atoms with Crippen LogP contribution in [0.2, 0.25) is 10.0 Å². The van der Waals surface area contributed by atoms with Gasteiger partial charge in [0, 0.05) is 25.6 Å². The standard InChI is InChI=1S/C26H31Cl2N3O5S/c1-4-17(3)29-25(33)22(5-2)30(16-18-12-13-20(27)21(28)15-18)24(32)11-8-14-31-26(34)19-9-6-7-10-23(19)37(31,35)36/h6-7,9-10,12-13,15,17,22H,4-5,8,11,14,16H2,1-3H3,(H,29,33)/t17-,22-/m1/s1. The maximum atomic E-state index is 13.4. The molecule has 0 spiro atoms. The van der Waals surface area contributed by atoms with Gasteiger partial charge in [0.15, 0.2) is 0 Å². The summed E-state index contributed by atoms with van der Waals surface area (Å²) in [6, 6.07) is 10.3. The minimum atomic E-state index is -3.95. The predicted octanol–water partition coefficient (Wildman–Crippen LogP) is 4.64. The van der Waals surface area contributed by atoms with Crippen LogP contribution in [0, 0.1) is 0 Å². The summed E-state index contributed by atoms with van der Waals surface area (Å²) in [6.07, 6.45) is 1.18. The number of hydrogen-bond acceptors (Lipinski definition) is 5. The summed E-state index contributed by atoms with van der Waals surface area (Å²) < 4.78 is 26.4. The second-order valence-corrected chi connectivity index (χ2v) is 11.6. The Balaban J connectivity index is 1.77. The van der Waals surface area contributed by atoms with Crippen molar-refractivity contribution in [3.05, 3.63) is 63.6 Å². The number of nitrogens with zero attached hydrogens (tertiary/aromatic N) is 2. The lowest BCUT2D eigenvalue weighted by Crippen LogP contribution is -2.50. The summed E-state index contributed by atoms with van der Waals surface area (Å²) in [6.45, 7) is 5.65. The third-order valence-corrected chi connectivity index (χ3v) is 8.97. The largest absolute Gasteiger partial charge is 0.352 e. The molecular formula is C26H31Cl2N3O5S. The highest BCUT2D eigenvalue weighted by atomic mass is 35.5. The van der Waals surface area contributed by atoms with Gasteiger partial charge in [-0.1, -0.05) is 55.2 Å². The van der Waals surface area contributed by atoms with Crippen molar-refractivity contribution >= 4 is 50.9 Å². The molecule has 0 saturated heterocycles. The van der Waals surface area contributed by atoms with E-state index >= 15 is 0 Å². The van der Waals surface area contributed by atoms with Gasteiger partial charge in [-0.05, 0) is 56.0 Å². The highest BCUT2D eigenvalue weighted by Crippen LogP contribution is 2.30. The summed E-state index contributed by atoms with van der Waals surface area (Å²) >= 11 is 12.2. The molecule has 1 aliphatic rings. The van der Waals surface area contributed by atoms with Crippen LogP contribution in [0.15, 0.2) is 47.4 Å². The zero-order chi connectivity index (χ0) is 27.3. The molecule has 0 bridgehead atoms. The number of benzene rings is 2. The molecule has 3 rings (SSSR count). The third-order valence-electron chi connectivity index (χ3n) is 6.39. The van der Waals surface area contributed by atoms with Gasteiger partial charge in [0.1, 0.15) is 10.9 Å². The van der Waals surface area contributed by atoms with Gasteiger partial charge in [-0.3, -0.25) is 14.4 Å². The highest BCUT2D eigenvalue weighted by Gasteiger charge is 2.40. The smallest absolute Gasteiger partial charge is 0.269 e. The van der Waals surface area contributed by atoms with E-state index in [9.17, 15) is 22.8 Å². The quantitative estimate of drug-likeness (QED) is 0.426. The molecule has 1 N–H and O–H groups in total. The van der Waals surface area contributed by atoms with Crippen molar-refractivity contribution in [2.24, 2.45) is 0 Å². The minimum Gasteiger partial charge on any atom is -0.352 e. The lowest BCUT2D eigenvalue weighted by Gasteiger charge is -2.31. The summed E-state index contributed by atoms with van der Waals surface area (Å²) in [5.74, 6) is -1.20. The van der Waals surface area contributed by atoms with E-state index in [1.165, 1.54) is 17.0 Å².